The lowest BCUT2D eigenvalue weighted by Gasteiger charge is -2.47. The third kappa shape index (κ3) is 2.64. The zero-order valence-corrected chi connectivity index (χ0v) is 14.8. The second kappa shape index (κ2) is 5.40. The van der Waals surface area contributed by atoms with E-state index in [0.29, 0.717) is 5.92 Å². The van der Waals surface area contributed by atoms with Gasteiger partial charge in [0.2, 0.25) is 0 Å². The normalized spacial score (nSPS) is 37.4. The van der Waals surface area contributed by atoms with Gasteiger partial charge in [0.05, 0.1) is 0 Å². The molecule has 2 unspecified atom stereocenters. The lowest BCUT2D eigenvalue weighted by Crippen LogP contribution is -2.59. The number of hydrogen-bond acceptors (Lipinski definition) is 3. The maximum atomic E-state index is 13.0. The van der Waals surface area contributed by atoms with Crippen LogP contribution in [0.5, 0.6) is 0 Å². The molecule has 22 heavy (non-hydrogen) atoms. The molecular formula is C18H32N2O2. The van der Waals surface area contributed by atoms with Gasteiger partial charge in [0.25, 0.3) is 0 Å². The fourth-order valence-corrected chi connectivity index (χ4v) is 5.65. The van der Waals surface area contributed by atoms with E-state index in [-0.39, 0.29) is 17.7 Å². The summed E-state index contributed by atoms with van der Waals surface area (Å²) in [5.41, 5.74) is -0.354. The molecule has 0 spiro atoms. The number of hydrogen-bond donors (Lipinski definition) is 1. The lowest BCUT2D eigenvalue weighted by atomic mass is 9.79. The Labute approximate surface area is 135 Å². The third-order valence-corrected chi connectivity index (χ3v) is 5.96. The van der Waals surface area contributed by atoms with Crippen LogP contribution in [0.2, 0.25) is 0 Å². The largest absolute Gasteiger partial charge is 0.444 e. The highest BCUT2D eigenvalue weighted by Gasteiger charge is 2.62. The molecule has 4 rings (SSSR count). The zero-order valence-electron chi connectivity index (χ0n) is 14.8. The van der Waals surface area contributed by atoms with Gasteiger partial charge in [-0.2, -0.15) is 0 Å². The van der Waals surface area contributed by atoms with Crippen molar-refractivity contribution in [3.63, 3.8) is 0 Å². The van der Waals surface area contributed by atoms with Crippen LogP contribution in [-0.2, 0) is 4.74 Å². The smallest absolute Gasteiger partial charge is 0.411 e. The molecule has 4 saturated carbocycles. The fourth-order valence-electron chi connectivity index (χ4n) is 5.65. The van der Waals surface area contributed by atoms with E-state index in [4.69, 9.17) is 4.74 Å². The molecule has 0 aromatic heterocycles. The Morgan fingerprint density at radius 2 is 1.86 bits per heavy atom. The monoisotopic (exact) mass is 308 g/mol. The molecule has 1 N–H and O–H groups in total. The van der Waals surface area contributed by atoms with E-state index in [1.54, 1.807) is 0 Å². The first-order valence-electron chi connectivity index (χ1n) is 8.92. The van der Waals surface area contributed by atoms with Crippen molar-refractivity contribution in [1.82, 2.24) is 10.2 Å². The van der Waals surface area contributed by atoms with Gasteiger partial charge in [-0.3, -0.25) is 4.90 Å². The zero-order chi connectivity index (χ0) is 16.1. The summed E-state index contributed by atoms with van der Waals surface area (Å²) in [7, 11) is 1.96. The topological polar surface area (TPSA) is 41.6 Å². The van der Waals surface area contributed by atoms with E-state index in [1.165, 1.54) is 32.1 Å². The van der Waals surface area contributed by atoms with E-state index in [0.717, 1.165) is 18.4 Å². The minimum absolute atomic E-state index is 0.0756. The average Bonchev–Trinajstić information content (AvgIpc) is 2.72. The Balaban J connectivity index is 1.87. The Bertz CT molecular complexity index is 429. The minimum Gasteiger partial charge on any atom is -0.444 e. The molecular weight excluding hydrogens is 276 g/mol. The van der Waals surface area contributed by atoms with Gasteiger partial charge in [0.1, 0.15) is 5.60 Å². The van der Waals surface area contributed by atoms with Crippen LogP contribution in [0.15, 0.2) is 0 Å². The molecule has 3 atom stereocenters. The van der Waals surface area contributed by atoms with Gasteiger partial charge in [0, 0.05) is 18.1 Å². The highest BCUT2D eigenvalue weighted by atomic mass is 16.6. The number of amides is 1. The molecule has 0 aromatic carbocycles. The first kappa shape index (κ1) is 16.1. The first-order valence-corrected chi connectivity index (χ1v) is 8.92. The van der Waals surface area contributed by atoms with Crippen molar-refractivity contribution < 1.29 is 9.53 Å². The van der Waals surface area contributed by atoms with Crippen molar-refractivity contribution in [3.05, 3.63) is 0 Å². The molecule has 0 saturated heterocycles. The molecule has 4 fully saturated rings. The van der Waals surface area contributed by atoms with Crippen LogP contribution in [-0.4, -0.2) is 41.8 Å². The van der Waals surface area contributed by atoms with Gasteiger partial charge < -0.3 is 10.1 Å². The summed E-state index contributed by atoms with van der Waals surface area (Å²) in [6, 6.07) is 0.179. The van der Waals surface area contributed by atoms with Gasteiger partial charge >= 0.3 is 6.09 Å². The number of carbonyl (C=O) groups is 1. The van der Waals surface area contributed by atoms with E-state index in [9.17, 15) is 4.79 Å². The molecule has 4 heteroatoms. The third-order valence-electron chi connectivity index (χ3n) is 5.96. The molecule has 0 heterocycles. The second-order valence-corrected chi connectivity index (χ2v) is 8.90. The van der Waals surface area contributed by atoms with E-state index in [1.807, 2.05) is 27.8 Å². The van der Waals surface area contributed by atoms with Crippen molar-refractivity contribution in [2.75, 3.05) is 13.6 Å². The maximum Gasteiger partial charge on any atom is 0.411 e. The highest BCUT2D eigenvalue weighted by Crippen LogP contribution is 2.63. The number of nitrogens with zero attached hydrogens (tertiary/aromatic N) is 1. The second-order valence-electron chi connectivity index (χ2n) is 8.90. The van der Waals surface area contributed by atoms with Crippen molar-refractivity contribution in [2.24, 2.45) is 17.8 Å². The summed E-state index contributed by atoms with van der Waals surface area (Å²) in [6.45, 7) is 8.86. The number of rotatable bonds is 4. The molecule has 0 aromatic rings. The van der Waals surface area contributed by atoms with Crippen LogP contribution < -0.4 is 5.32 Å². The Hall–Kier alpha value is -0.770. The molecule has 126 valence electrons. The standard InChI is InChI=1S/C18H32N2O2/c1-12(11-19-5)20(16(21)22-17(2,3)4)18-9-13-6-14(10-18)8-15(18)7-13/h12-15,19H,6-11H2,1-5H3/t12-,13?,14?,15?,18?/m0/s1. The van der Waals surface area contributed by atoms with Crippen LogP contribution in [0.4, 0.5) is 4.79 Å². The van der Waals surface area contributed by atoms with Crippen LogP contribution in [0.3, 0.4) is 0 Å². The Kier molecular flexibility index (Phi) is 3.95. The summed E-state index contributed by atoms with van der Waals surface area (Å²) in [6.07, 6.45) is 6.32. The first-order chi connectivity index (χ1) is 10.2. The van der Waals surface area contributed by atoms with Crippen molar-refractivity contribution in [2.45, 2.75) is 77.0 Å². The molecule has 4 aliphatic rings. The lowest BCUT2D eigenvalue weighted by molar-refractivity contribution is -0.0258. The number of nitrogens with one attached hydrogen (secondary N) is 1. The van der Waals surface area contributed by atoms with Gasteiger partial charge in [-0.25, -0.2) is 4.79 Å². The molecule has 0 radical (unpaired) electrons. The van der Waals surface area contributed by atoms with Crippen LogP contribution in [0, 0.1) is 17.8 Å². The molecule has 4 bridgehead atoms. The quantitative estimate of drug-likeness (QED) is 0.865. The highest BCUT2D eigenvalue weighted by molar-refractivity contribution is 5.70. The number of likely N-dealkylation sites (N-methyl/N-ethyl adjacent to an activating group) is 1. The Morgan fingerprint density at radius 3 is 2.36 bits per heavy atom. The maximum absolute atomic E-state index is 13.0. The molecule has 4 nitrogen and oxygen atoms in total. The van der Waals surface area contributed by atoms with Crippen LogP contribution in [0.25, 0.3) is 0 Å². The molecule has 0 aliphatic heterocycles. The predicted octanol–water partition coefficient (Wildman–Crippen LogP) is 3.41. The summed E-state index contributed by atoms with van der Waals surface area (Å²) >= 11 is 0. The van der Waals surface area contributed by atoms with E-state index in [2.05, 4.69) is 17.1 Å². The van der Waals surface area contributed by atoms with Gasteiger partial charge in [-0.1, -0.05) is 0 Å². The number of ether oxygens (including phenoxy) is 1. The fraction of sp³-hybridized carbons (Fsp3) is 0.944. The summed E-state index contributed by atoms with van der Waals surface area (Å²) in [5.74, 6) is 2.37. The SMILES string of the molecule is CNC[C@H](C)N(C(=O)OC(C)(C)C)C12CC3CC(CC1C3)C2. The van der Waals surface area contributed by atoms with Gasteiger partial charge in [-0.05, 0) is 84.6 Å². The summed E-state index contributed by atoms with van der Waals surface area (Å²) in [5, 5.41) is 3.24. The average molecular weight is 308 g/mol. The van der Waals surface area contributed by atoms with E-state index >= 15 is 0 Å². The predicted molar refractivity (Wildman–Crippen MR) is 87.7 cm³/mol. The van der Waals surface area contributed by atoms with Crippen LogP contribution >= 0.6 is 0 Å². The van der Waals surface area contributed by atoms with Gasteiger partial charge in [-0.15, -0.1) is 0 Å². The van der Waals surface area contributed by atoms with Crippen molar-refractivity contribution >= 4 is 6.09 Å². The van der Waals surface area contributed by atoms with Crippen molar-refractivity contribution in [3.8, 4) is 0 Å². The molecule has 1 amide bonds. The van der Waals surface area contributed by atoms with Gasteiger partial charge in [0.15, 0.2) is 0 Å². The summed E-state index contributed by atoms with van der Waals surface area (Å²) < 4.78 is 5.79. The van der Waals surface area contributed by atoms with E-state index < -0.39 is 5.60 Å². The summed E-state index contributed by atoms with van der Waals surface area (Å²) in [4.78, 5) is 15.1. The minimum atomic E-state index is -0.430. The number of carbonyl (C=O) groups excluding carboxylic acids is 1. The molecule has 4 aliphatic carbocycles. The van der Waals surface area contributed by atoms with Crippen LogP contribution in [0.1, 0.15) is 59.8 Å². The Morgan fingerprint density at radius 1 is 1.27 bits per heavy atom. The van der Waals surface area contributed by atoms with Crippen molar-refractivity contribution in [1.29, 1.82) is 0 Å².